The van der Waals surface area contributed by atoms with Gasteiger partial charge in [0.2, 0.25) is 5.91 Å². The van der Waals surface area contributed by atoms with Crippen molar-refractivity contribution >= 4 is 28.8 Å². The number of nitrogens with zero attached hydrogens (tertiary/aromatic N) is 1. The minimum Gasteiger partial charge on any atom is -0.352 e. The van der Waals surface area contributed by atoms with Crippen molar-refractivity contribution in [3.05, 3.63) is 82.4 Å². The molecule has 0 aliphatic carbocycles. The zero-order chi connectivity index (χ0) is 19.8. The first-order valence-electron chi connectivity index (χ1n) is 8.92. The number of H-pyrrole nitrogens is 1. The zero-order valence-electron chi connectivity index (χ0n) is 15.1. The monoisotopic (exact) mass is 376 g/mol. The molecule has 3 N–H and O–H groups in total. The van der Waals surface area contributed by atoms with Crippen LogP contribution in [0.4, 0.5) is 0 Å². The molecule has 0 spiro atoms. The Kier molecular flexibility index (Phi) is 6.30. The van der Waals surface area contributed by atoms with Gasteiger partial charge < -0.3 is 15.6 Å². The first kappa shape index (κ1) is 19.0. The van der Waals surface area contributed by atoms with Crippen molar-refractivity contribution in [3.63, 3.8) is 0 Å². The third-order valence-electron chi connectivity index (χ3n) is 3.99. The second kappa shape index (κ2) is 9.27. The van der Waals surface area contributed by atoms with Crippen LogP contribution < -0.4 is 16.2 Å². The Labute approximate surface area is 161 Å². The molecule has 28 heavy (non-hydrogen) atoms. The molecule has 0 aliphatic heterocycles. The number of amides is 2. The lowest BCUT2D eigenvalue weighted by Crippen LogP contribution is -2.31. The van der Waals surface area contributed by atoms with Crippen LogP contribution in [-0.4, -0.2) is 34.9 Å². The van der Waals surface area contributed by atoms with Crippen LogP contribution in [0.15, 0.2) is 65.5 Å². The van der Waals surface area contributed by atoms with Crippen LogP contribution >= 0.6 is 0 Å². The molecule has 1 heterocycles. The predicted octanol–water partition coefficient (Wildman–Crippen LogP) is 1.87. The van der Waals surface area contributed by atoms with Gasteiger partial charge in [-0.05, 0) is 30.2 Å². The van der Waals surface area contributed by atoms with E-state index in [9.17, 15) is 14.4 Å². The molecule has 0 bridgehead atoms. The normalized spacial score (nSPS) is 10.9. The van der Waals surface area contributed by atoms with E-state index in [1.807, 2.05) is 30.3 Å². The maximum atomic E-state index is 12.2. The van der Waals surface area contributed by atoms with Gasteiger partial charge in [0.1, 0.15) is 0 Å². The van der Waals surface area contributed by atoms with Crippen LogP contribution in [0.1, 0.15) is 22.6 Å². The molecule has 0 saturated carbocycles. The quantitative estimate of drug-likeness (QED) is 0.432. The van der Waals surface area contributed by atoms with E-state index in [0.29, 0.717) is 30.4 Å². The van der Waals surface area contributed by atoms with Crippen LogP contribution in [-0.2, 0) is 4.79 Å². The molecular weight excluding hydrogens is 356 g/mol. The Morgan fingerprint density at radius 3 is 2.50 bits per heavy atom. The van der Waals surface area contributed by atoms with Gasteiger partial charge in [-0.1, -0.05) is 42.5 Å². The van der Waals surface area contributed by atoms with E-state index >= 15 is 0 Å². The summed E-state index contributed by atoms with van der Waals surface area (Å²) in [6, 6.07) is 16.4. The topological polar surface area (TPSA) is 104 Å². The highest BCUT2D eigenvalue weighted by atomic mass is 16.2. The Bertz CT molecular complexity index is 1060. The SMILES string of the molecule is O=C(C=Cc1ccccc1)NCCCNC(=O)c1nc2ccccc2c(=O)[nH]1. The van der Waals surface area contributed by atoms with Crippen molar-refractivity contribution in [2.45, 2.75) is 6.42 Å². The summed E-state index contributed by atoms with van der Waals surface area (Å²) in [5.74, 6) is -0.688. The molecule has 0 radical (unpaired) electrons. The van der Waals surface area contributed by atoms with E-state index in [4.69, 9.17) is 0 Å². The number of benzene rings is 2. The van der Waals surface area contributed by atoms with Gasteiger partial charge in [-0.25, -0.2) is 4.98 Å². The first-order chi connectivity index (χ1) is 13.6. The van der Waals surface area contributed by atoms with Crippen LogP contribution in [0.25, 0.3) is 17.0 Å². The Morgan fingerprint density at radius 2 is 1.68 bits per heavy atom. The largest absolute Gasteiger partial charge is 0.352 e. The van der Waals surface area contributed by atoms with Gasteiger partial charge in [-0.3, -0.25) is 14.4 Å². The number of carbonyl (C=O) groups excluding carboxylic acids is 2. The Morgan fingerprint density at radius 1 is 0.964 bits per heavy atom. The van der Waals surface area contributed by atoms with Gasteiger partial charge in [0.05, 0.1) is 10.9 Å². The molecule has 0 fully saturated rings. The Hall–Kier alpha value is -3.74. The summed E-state index contributed by atoms with van der Waals surface area (Å²) in [6.07, 6.45) is 3.75. The fourth-order valence-electron chi connectivity index (χ4n) is 2.57. The Balaban J connectivity index is 1.43. The van der Waals surface area contributed by atoms with Gasteiger partial charge in [0.15, 0.2) is 5.82 Å². The molecule has 3 aromatic rings. The van der Waals surface area contributed by atoms with E-state index in [-0.39, 0.29) is 17.3 Å². The molecule has 3 rings (SSSR count). The van der Waals surface area contributed by atoms with E-state index in [1.54, 1.807) is 30.3 Å². The molecule has 0 atom stereocenters. The molecule has 2 amide bonds. The molecule has 142 valence electrons. The summed E-state index contributed by atoms with van der Waals surface area (Å²) in [5, 5.41) is 5.87. The van der Waals surface area contributed by atoms with Gasteiger partial charge >= 0.3 is 0 Å². The third-order valence-corrected chi connectivity index (χ3v) is 3.99. The summed E-state index contributed by atoms with van der Waals surface area (Å²) >= 11 is 0. The number of aromatic amines is 1. The molecular formula is C21H20N4O3. The number of carbonyl (C=O) groups is 2. The van der Waals surface area contributed by atoms with Crippen LogP contribution in [0.2, 0.25) is 0 Å². The van der Waals surface area contributed by atoms with Gasteiger partial charge in [0, 0.05) is 19.2 Å². The van der Waals surface area contributed by atoms with Crippen molar-refractivity contribution in [2.75, 3.05) is 13.1 Å². The van der Waals surface area contributed by atoms with E-state index < -0.39 is 5.91 Å². The summed E-state index contributed by atoms with van der Waals surface area (Å²) < 4.78 is 0. The summed E-state index contributed by atoms with van der Waals surface area (Å²) in [7, 11) is 0. The van der Waals surface area contributed by atoms with E-state index in [0.717, 1.165) is 5.56 Å². The maximum Gasteiger partial charge on any atom is 0.287 e. The minimum absolute atomic E-state index is 0.0291. The van der Waals surface area contributed by atoms with Gasteiger partial charge in [-0.15, -0.1) is 0 Å². The number of hydrogen-bond acceptors (Lipinski definition) is 4. The summed E-state index contributed by atoms with van der Waals surface area (Å²) in [5.41, 5.74) is 1.06. The average Bonchev–Trinajstić information content (AvgIpc) is 2.72. The minimum atomic E-state index is -0.460. The van der Waals surface area contributed by atoms with Crippen molar-refractivity contribution in [1.29, 1.82) is 0 Å². The number of rotatable bonds is 7. The highest BCUT2D eigenvalue weighted by Crippen LogP contribution is 2.05. The van der Waals surface area contributed by atoms with Crippen molar-refractivity contribution in [2.24, 2.45) is 0 Å². The smallest absolute Gasteiger partial charge is 0.287 e. The van der Waals surface area contributed by atoms with Crippen LogP contribution in [0.3, 0.4) is 0 Å². The summed E-state index contributed by atoms with van der Waals surface area (Å²) in [4.78, 5) is 42.6. The molecule has 0 unspecified atom stereocenters. The molecule has 7 nitrogen and oxygen atoms in total. The fraction of sp³-hybridized carbons (Fsp3) is 0.143. The molecule has 2 aromatic carbocycles. The zero-order valence-corrected chi connectivity index (χ0v) is 15.1. The van der Waals surface area contributed by atoms with Crippen molar-refractivity contribution < 1.29 is 9.59 Å². The molecule has 0 saturated heterocycles. The van der Waals surface area contributed by atoms with E-state index in [1.165, 1.54) is 6.08 Å². The van der Waals surface area contributed by atoms with E-state index in [2.05, 4.69) is 20.6 Å². The number of hydrogen-bond donors (Lipinski definition) is 3. The van der Waals surface area contributed by atoms with Crippen molar-refractivity contribution in [1.82, 2.24) is 20.6 Å². The lowest BCUT2D eigenvalue weighted by Gasteiger charge is -2.06. The summed E-state index contributed by atoms with van der Waals surface area (Å²) in [6.45, 7) is 0.762. The lowest BCUT2D eigenvalue weighted by atomic mass is 10.2. The highest BCUT2D eigenvalue weighted by Gasteiger charge is 2.10. The fourth-order valence-corrected chi connectivity index (χ4v) is 2.57. The van der Waals surface area contributed by atoms with Gasteiger partial charge in [-0.2, -0.15) is 0 Å². The number of para-hydroxylation sites is 1. The van der Waals surface area contributed by atoms with Crippen molar-refractivity contribution in [3.8, 4) is 0 Å². The molecule has 1 aromatic heterocycles. The predicted molar refractivity (Wildman–Crippen MR) is 108 cm³/mol. The second-order valence-electron chi connectivity index (χ2n) is 6.08. The van der Waals surface area contributed by atoms with Crippen LogP contribution in [0.5, 0.6) is 0 Å². The standard InChI is InChI=1S/C21H20N4O3/c26-18(12-11-15-7-2-1-3-8-15)22-13-6-14-23-21(28)19-24-17-10-5-4-9-16(17)20(27)25-19/h1-5,7-12H,6,13-14H2,(H,22,26)(H,23,28)(H,24,25,27). The number of aromatic nitrogens is 2. The third kappa shape index (κ3) is 5.14. The van der Waals surface area contributed by atoms with Crippen LogP contribution in [0, 0.1) is 0 Å². The lowest BCUT2D eigenvalue weighted by molar-refractivity contribution is -0.116. The maximum absolute atomic E-state index is 12.2. The molecule has 7 heteroatoms. The van der Waals surface area contributed by atoms with Gasteiger partial charge in [0.25, 0.3) is 11.5 Å². The highest BCUT2D eigenvalue weighted by molar-refractivity contribution is 5.93. The number of fused-ring (bicyclic) bond motifs is 1. The number of nitrogens with one attached hydrogen (secondary N) is 3. The average molecular weight is 376 g/mol. The second-order valence-corrected chi connectivity index (χ2v) is 6.08. The first-order valence-corrected chi connectivity index (χ1v) is 8.92. The molecule has 0 aliphatic rings.